The molecule has 1 saturated carbocycles. The molecule has 0 aromatic heterocycles. The van der Waals surface area contributed by atoms with Crippen LogP contribution in [0.4, 0.5) is 0 Å². The average Bonchev–Trinajstić information content (AvgIpc) is 2.75. The first-order valence-electron chi connectivity index (χ1n) is 6.10. The van der Waals surface area contributed by atoms with Crippen LogP contribution in [0.25, 0.3) is 0 Å². The van der Waals surface area contributed by atoms with Gasteiger partial charge >= 0.3 is 0 Å². The summed E-state index contributed by atoms with van der Waals surface area (Å²) in [6.45, 7) is 2.32. The molecular formula is C14H21NO. The van der Waals surface area contributed by atoms with Crippen molar-refractivity contribution >= 4 is 0 Å². The molecule has 3 atom stereocenters. The van der Waals surface area contributed by atoms with E-state index in [1.54, 1.807) is 7.11 Å². The van der Waals surface area contributed by atoms with Crippen LogP contribution < -0.4 is 10.5 Å². The highest BCUT2D eigenvalue weighted by Gasteiger charge is 2.27. The molecule has 3 unspecified atom stereocenters. The highest BCUT2D eigenvalue weighted by molar-refractivity contribution is 5.29. The molecule has 0 bridgehead atoms. The molecule has 2 rings (SSSR count). The van der Waals surface area contributed by atoms with Gasteiger partial charge < -0.3 is 10.5 Å². The third-order valence-corrected chi connectivity index (χ3v) is 3.74. The summed E-state index contributed by atoms with van der Waals surface area (Å²) in [6.07, 6.45) is 3.87. The van der Waals surface area contributed by atoms with Crippen molar-refractivity contribution < 1.29 is 4.74 Å². The lowest BCUT2D eigenvalue weighted by Crippen LogP contribution is -2.19. The second-order valence-corrected chi connectivity index (χ2v) is 4.98. The molecule has 2 N–H and O–H groups in total. The number of nitrogens with two attached hydrogens (primary N) is 1. The van der Waals surface area contributed by atoms with Crippen LogP contribution in [0.1, 0.15) is 37.8 Å². The maximum absolute atomic E-state index is 6.31. The molecule has 1 aliphatic rings. The van der Waals surface area contributed by atoms with E-state index in [-0.39, 0.29) is 6.04 Å². The van der Waals surface area contributed by atoms with Gasteiger partial charge in [0.05, 0.1) is 7.11 Å². The van der Waals surface area contributed by atoms with Crippen molar-refractivity contribution in [1.29, 1.82) is 0 Å². The fourth-order valence-corrected chi connectivity index (χ4v) is 2.68. The van der Waals surface area contributed by atoms with Crippen LogP contribution in [-0.2, 0) is 0 Å². The molecule has 0 amide bonds. The van der Waals surface area contributed by atoms with E-state index in [1.165, 1.54) is 24.8 Å². The van der Waals surface area contributed by atoms with Crippen molar-refractivity contribution in [2.75, 3.05) is 7.11 Å². The minimum Gasteiger partial charge on any atom is -0.497 e. The minimum atomic E-state index is 0.191. The third-order valence-electron chi connectivity index (χ3n) is 3.74. The molecule has 1 aromatic rings. The predicted octanol–water partition coefficient (Wildman–Crippen LogP) is 3.13. The first-order chi connectivity index (χ1) is 7.70. The second-order valence-electron chi connectivity index (χ2n) is 4.98. The smallest absolute Gasteiger partial charge is 0.118 e. The van der Waals surface area contributed by atoms with E-state index in [0.717, 1.165) is 11.7 Å². The highest BCUT2D eigenvalue weighted by atomic mass is 16.5. The topological polar surface area (TPSA) is 35.2 Å². The number of ether oxygens (including phenoxy) is 1. The Hall–Kier alpha value is -1.02. The number of hydrogen-bond acceptors (Lipinski definition) is 2. The Bertz CT molecular complexity index is 333. The normalized spacial score (nSPS) is 26.7. The van der Waals surface area contributed by atoms with E-state index < -0.39 is 0 Å². The molecule has 1 fully saturated rings. The Morgan fingerprint density at radius 1 is 1.25 bits per heavy atom. The van der Waals surface area contributed by atoms with Gasteiger partial charge in [0, 0.05) is 6.04 Å². The van der Waals surface area contributed by atoms with Crippen LogP contribution in [-0.4, -0.2) is 7.11 Å². The Labute approximate surface area is 97.8 Å². The summed E-state index contributed by atoms with van der Waals surface area (Å²) in [4.78, 5) is 0. The van der Waals surface area contributed by atoms with Crippen molar-refractivity contribution in [2.45, 2.75) is 32.2 Å². The standard InChI is InChI=1S/C14H21NO/c1-10-3-4-12(9-10)14(15)11-5-7-13(16-2)8-6-11/h5-8,10,12,14H,3-4,9,15H2,1-2H3. The van der Waals surface area contributed by atoms with Crippen LogP contribution in [0.5, 0.6) is 5.75 Å². The molecule has 1 aromatic carbocycles. The van der Waals surface area contributed by atoms with E-state index in [2.05, 4.69) is 19.1 Å². The lowest BCUT2D eigenvalue weighted by Gasteiger charge is -2.19. The molecule has 0 aliphatic heterocycles. The summed E-state index contributed by atoms with van der Waals surface area (Å²) < 4.78 is 5.15. The van der Waals surface area contributed by atoms with Gasteiger partial charge in [0.15, 0.2) is 0 Å². The first-order valence-corrected chi connectivity index (χ1v) is 6.10. The van der Waals surface area contributed by atoms with Crippen molar-refractivity contribution in [2.24, 2.45) is 17.6 Å². The summed E-state index contributed by atoms with van der Waals surface area (Å²) in [5.41, 5.74) is 7.55. The van der Waals surface area contributed by atoms with Crippen LogP contribution >= 0.6 is 0 Å². The zero-order chi connectivity index (χ0) is 11.5. The zero-order valence-corrected chi connectivity index (χ0v) is 10.1. The fraction of sp³-hybridized carbons (Fsp3) is 0.571. The fourth-order valence-electron chi connectivity index (χ4n) is 2.68. The predicted molar refractivity (Wildman–Crippen MR) is 66.4 cm³/mol. The van der Waals surface area contributed by atoms with Crippen molar-refractivity contribution in [3.8, 4) is 5.75 Å². The second kappa shape index (κ2) is 4.88. The van der Waals surface area contributed by atoms with Gasteiger partial charge in [-0.3, -0.25) is 0 Å². The number of rotatable bonds is 3. The zero-order valence-electron chi connectivity index (χ0n) is 10.1. The molecule has 0 spiro atoms. The van der Waals surface area contributed by atoms with Gasteiger partial charge in [0.2, 0.25) is 0 Å². The van der Waals surface area contributed by atoms with E-state index in [4.69, 9.17) is 10.5 Å². The summed E-state index contributed by atoms with van der Waals surface area (Å²) in [5.74, 6) is 2.40. The molecule has 1 aliphatic carbocycles. The summed E-state index contributed by atoms with van der Waals surface area (Å²) in [5, 5.41) is 0. The summed E-state index contributed by atoms with van der Waals surface area (Å²) >= 11 is 0. The van der Waals surface area contributed by atoms with Crippen LogP contribution in [0.3, 0.4) is 0 Å². The van der Waals surface area contributed by atoms with Gasteiger partial charge in [-0.1, -0.05) is 25.5 Å². The van der Waals surface area contributed by atoms with Crippen LogP contribution in [0, 0.1) is 11.8 Å². The SMILES string of the molecule is COc1ccc(C(N)C2CCC(C)C2)cc1. The quantitative estimate of drug-likeness (QED) is 0.847. The first kappa shape index (κ1) is 11.5. The molecule has 2 heteroatoms. The van der Waals surface area contributed by atoms with Crippen molar-refractivity contribution in [3.63, 3.8) is 0 Å². The number of benzene rings is 1. The van der Waals surface area contributed by atoms with Crippen molar-refractivity contribution in [3.05, 3.63) is 29.8 Å². The van der Waals surface area contributed by atoms with E-state index in [1.807, 2.05) is 12.1 Å². The van der Waals surface area contributed by atoms with Gasteiger partial charge in [0.1, 0.15) is 5.75 Å². The van der Waals surface area contributed by atoms with E-state index >= 15 is 0 Å². The average molecular weight is 219 g/mol. The van der Waals surface area contributed by atoms with Gasteiger partial charge in [-0.05, 0) is 42.4 Å². The Morgan fingerprint density at radius 2 is 1.94 bits per heavy atom. The summed E-state index contributed by atoms with van der Waals surface area (Å²) in [7, 11) is 1.69. The third kappa shape index (κ3) is 2.38. The molecule has 2 nitrogen and oxygen atoms in total. The van der Waals surface area contributed by atoms with Gasteiger partial charge in [0.25, 0.3) is 0 Å². The lowest BCUT2D eigenvalue weighted by atomic mass is 9.92. The molecule has 16 heavy (non-hydrogen) atoms. The monoisotopic (exact) mass is 219 g/mol. The Kier molecular flexibility index (Phi) is 3.49. The maximum atomic E-state index is 6.31. The molecular weight excluding hydrogens is 198 g/mol. The lowest BCUT2D eigenvalue weighted by molar-refractivity contribution is 0.411. The van der Waals surface area contributed by atoms with Crippen LogP contribution in [0.15, 0.2) is 24.3 Å². The van der Waals surface area contributed by atoms with Gasteiger partial charge in [-0.15, -0.1) is 0 Å². The molecule has 0 radical (unpaired) electrons. The number of hydrogen-bond donors (Lipinski definition) is 1. The maximum Gasteiger partial charge on any atom is 0.118 e. The van der Waals surface area contributed by atoms with Gasteiger partial charge in [-0.2, -0.15) is 0 Å². The Balaban J connectivity index is 2.05. The summed E-state index contributed by atoms with van der Waals surface area (Å²) in [6, 6.07) is 8.36. The largest absolute Gasteiger partial charge is 0.497 e. The van der Waals surface area contributed by atoms with Crippen molar-refractivity contribution in [1.82, 2.24) is 0 Å². The van der Waals surface area contributed by atoms with E-state index in [9.17, 15) is 0 Å². The molecule has 0 heterocycles. The molecule has 88 valence electrons. The number of methoxy groups -OCH3 is 1. The molecule has 0 saturated heterocycles. The minimum absolute atomic E-state index is 0.191. The Morgan fingerprint density at radius 3 is 2.44 bits per heavy atom. The van der Waals surface area contributed by atoms with E-state index in [0.29, 0.717) is 5.92 Å². The van der Waals surface area contributed by atoms with Crippen LogP contribution in [0.2, 0.25) is 0 Å². The van der Waals surface area contributed by atoms with Gasteiger partial charge in [-0.25, -0.2) is 0 Å². The highest BCUT2D eigenvalue weighted by Crippen LogP contribution is 2.37.